The van der Waals surface area contributed by atoms with Crippen molar-refractivity contribution in [3.63, 3.8) is 0 Å². The summed E-state index contributed by atoms with van der Waals surface area (Å²) in [5, 5.41) is 5.79. The largest absolute Gasteiger partial charge is 0.464 e. The molecule has 0 atom stereocenters. The van der Waals surface area contributed by atoms with Gasteiger partial charge in [-0.2, -0.15) is 15.0 Å². The van der Waals surface area contributed by atoms with E-state index in [0.717, 1.165) is 0 Å². The lowest BCUT2D eigenvalue weighted by molar-refractivity contribution is 0.312. The number of rotatable bonds is 8. The van der Waals surface area contributed by atoms with Crippen molar-refractivity contribution in [1.82, 2.24) is 15.0 Å². The lowest BCUT2D eigenvalue weighted by Crippen LogP contribution is -2.17. The molecule has 0 spiro atoms. The van der Waals surface area contributed by atoms with Gasteiger partial charge in [0, 0.05) is 19.3 Å². The summed E-state index contributed by atoms with van der Waals surface area (Å²) in [7, 11) is -3.02. The van der Waals surface area contributed by atoms with E-state index in [2.05, 4.69) is 25.6 Å². The molecule has 0 amide bonds. The molecule has 108 valence electrons. The summed E-state index contributed by atoms with van der Waals surface area (Å²) in [6.45, 7) is 5.09. The van der Waals surface area contributed by atoms with E-state index < -0.39 is 9.84 Å². The molecular weight excluding hydrogens is 270 g/mol. The molecule has 0 radical (unpaired) electrons. The normalized spacial score (nSPS) is 11.1. The van der Waals surface area contributed by atoms with Gasteiger partial charge in [0.25, 0.3) is 0 Å². The van der Waals surface area contributed by atoms with Crippen molar-refractivity contribution in [3.05, 3.63) is 0 Å². The third-order valence-corrected chi connectivity index (χ3v) is 2.92. The number of ether oxygens (including phenoxy) is 1. The number of anilines is 2. The van der Waals surface area contributed by atoms with Crippen molar-refractivity contribution in [2.75, 3.05) is 42.3 Å². The monoisotopic (exact) mass is 289 g/mol. The van der Waals surface area contributed by atoms with Crippen molar-refractivity contribution < 1.29 is 13.2 Å². The Hall–Kier alpha value is -1.64. The van der Waals surface area contributed by atoms with E-state index >= 15 is 0 Å². The minimum atomic E-state index is -3.02. The van der Waals surface area contributed by atoms with Gasteiger partial charge in [0.2, 0.25) is 11.9 Å². The van der Waals surface area contributed by atoms with Gasteiger partial charge in [-0.3, -0.25) is 0 Å². The van der Waals surface area contributed by atoms with Gasteiger partial charge in [0.05, 0.1) is 12.4 Å². The highest BCUT2D eigenvalue weighted by molar-refractivity contribution is 7.90. The van der Waals surface area contributed by atoms with E-state index in [1.54, 1.807) is 0 Å². The summed E-state index contributed by atoms with van der Waals surface area (Å²) >= 11 is 0. The van der Waals surface area contributed by atoms with Gasteiger partial charge < -0.3 is 15.4 Å². The molecular formula is C10H19N5O3S. The zero-order chi connectivity index (χ0) is 14.3. The molecule has 2 N–H and O–H groups in total. The van der Waals surface area contributed by atoms with E-state index in [-0.39, 0.29) is 24.3 Å². The summed E-state index contributed by atoms with van der Waals surface area (Å²) in [4.78, 5) is 12.2. The topological polar surface area (TPSA) is 106 Å². The summed E-state index contributed by atoms with van der Waals surface area (Å²) in [5.41, 5.74) is 0. The van der Waals surface area contributed by atoms with Crippen LogP contribution in [0, 0.1) is 0 Å². The molecule has 1 aromatic rings. The van der Waals surface area contributed by atoms with Crippen LogP contribution < -0.4 is 15.4 Å². The maximum Gasteiger partial charge on any atom is 0.323 e. The predicted molar refractivity (Wildman–Crippen MR) is 73.4 cm³/mol. The molecule has 0 bridgehead atoms. The Kier molecular flexibility index (Phi) is 5.74. The van der Waals surface area contributed by atoms with Crippen LogP contribution in [0.1, 0.15) is 13.8 Å². The molecule has 19 heavy (non-hydrogen) atoms. The van der Waals surface area contributed by atoms with Crippen LogP contribution in [0.5, 0.6) is 6.01 Å². The van der Waals surface area contributed by atoms with Crippen LogP contribution in [-0.2, 0) is 9.84 Å². The van der Waals surface area contributed by atoms with Crippen LogP contribution in [0.15, 0.2) is 0 Å². The second-order valence-electron chi connectivity index (χ2n) is 3.79. The number of aromatic nitrogens is 3. The quantitative estimate of drug-likeness (QED) is 0.697. The molecule has 1 rings (SSSR count). The molecule has 0 aliphatic rings. The number of nitrogens with one attached hydrogen (secondary N) is 2. The van der Waals surface area contributed by atoms with Crippen LogP contribution in [0.4, 0.5) is 11.9 Å². The molecule has 0 aliphatic carbocycles. The fourth-order valence-corrected chi connectivity index (χ4v) is 1.69. The third-order valence-electron chi connectivity index (χ3n) is 1.98. The van der Waals surface area contributed by atoms with Gasteiger partial charge in [-0.25, -0.2) is 8.42 Å². The van der Waals surface area contributed by atoms with Gasteiger partial charge in [-0.1, -0.05) is 0 Å². The molecule has 0 aromatic carbocycles. The van der Waals surface area contributed by atoms with Gasteiger partial charge >= 0.3 is 6.01 Å². The highest BCUT2D eigenvalue weighted by Gasteiger charge is 2.07. The average Bonchev–Trinajstić information content (AvgIpc) is 2.28. The number of hydrogen-bond donors (Lipinski definition) is 2. The third kappa shape index (κ3) is 6.18. The minimum Gasteiger partial charge on any atom is -0.464 e. The van der Waals surface area contributed by atoms with Gasteiger partial charge in [-0.05, 0) is 13.8 Å². The molecule has 0 saturated carbocycles. The van der Waals surface area contributed by atoms with Crippen LogP contribution >= 0.6 is 0 Å². The summed E-state index contributed by atoms with van der Waals surface area (Å²) in [5.74, 6) is 0.694. The zero-order valence-corrected chi connectivity index (χ0v) is 12.1. The SMILES string of the molecule is CCNc1nc(NCCS(C)(=O)=O)nc(OCC)n1. The first-order chi connectivity index (χ1) is 8.94. The minimum absolute atomic E-state index is 0.0131. The van der Waals surface area contributed by atoms with E-state index in [0.29, 0.717) is 19.1 Å². The lowest BCUT2D eigenvalue weighted by Gasteiger charge is -2.08. The first-order valence-electron chi connectivity index (χ1n) is 5.99. The fourth-order valence-electron chi connectivity index (χ4n) is 1.21. The van der Waals surface area contributed by atoms with Crippen LogP contribution in [0.25, 0.3) is 0 Å². The first kappa shape index (κ1) is 15.4. The van der Waals surface area contributed by atoms with Crippen LogP contribution in [0.2, 0.25) is 0 Å². The Morgan fingerprint density at radius 3 is 2.26 bits per heavy atom. The Labute approximate surface area is 112 Å². The zero-order valence-electron chi connectivity index (χ0n) is 11.3. The molecule has 0 saturated heterocycles. The highest BCUT2D eigenvalue weighted by Crippen LogP contribution is 2.10. The maximum absolute atomic E-state index is 11.0. The van der Waals surface area contributed by atoms with E-state index in [1.165, 1.54) is 6.26 Å². The number of nitrogens with zero attached hydrogens (tertiary/aromatic N) is 3. The first-order valence-corrected chi connectivity index (χ1v) is 8.05. The Bertz CT molecular complexity index is 482. The van der Waals surface area contributed by atoms with Crippen LogP contribution in [-0.4, -0.2) is 55.1 Å². The molecule has 1 heterocycles. The molecule has 9 heteroatoms. The van der Waals surface area contributed by atoms with Crippen molar-refractivity contribution >= 4 is 21.7 Å². The fraction of sp³-hybridized carbons (Fsp3) is 0.700. The average molecular weight is 289 g/mol. The van der Waals surface area contributed by atoms with Crippen molar-refractivity contribution in [2.24, 2.45) is 0 Å². The molecule has 1 aromatic heterocycles. The number of hydrogen-bond acceptors (Lipinski definition) is 8. The number of sulfone groups is 1. The maximum atomic E-state index is 11.0. The van der Waals surface area contributed by atoms with Crippen molar-refractivity contribution in [1.29, 1.82) is 0 Å². The molecule has 0 aliphatic heterocycles. The van der Waals surface area contributed by atoms with Crippen molar-refractivity contribution in [2.45, 2.75) is 13.8 Å². The molecule has 0 fully saturated rings. The van der Waals surface area contributed by atoms with E-state index in [1.807, 2.05) is 13.8 Å². The lowest BCUT2D eigenvalue weighted by atomic mass is 10.7. The highest BCUT2D eigenvalue weighted by atomic mass is 32.2. The van der Waals surface area contributed by atoms with Crippen molar-refractivity contribution in [3.8, 4) is 6.01 Å². The summed E-state index contributed by atoms with van der Waals surface area (Å²) in [6.07, 6.45) is 1.18. The van der Waals surface area contributed by atoms with Gasteiger partial charge in [0.15, 0.2) is 0 Å². The van der Waals surface area contributed by atoms with Crippen LogP contribution in [0.3, 0.4) is 0 Å². The van der Waals surface area contributed by atoms with Gasteiger partial charge in [-0.15, -0.1) is 0 Å². The standard InChI is InChI=1S/C10H19N5O3S/c1-4-11-8-13-9(12-6-7-19(3,16)17)15-10(14-8)18-5-2/h4-7H2,1-3H3,(H2,11,12,13,14,15). The smallest absolute Gasteiger partial charge is 0.323 e. The second-order valence-corrected chi connectivity index (χ2v) is 6.04. The second kappa shape index (κ2) is 7.07. The Morgan fingerprint density at radius 1 is 1.11 bits per heavy atom. The summed E-state index contributed by atoms with van der Waals surface area (Å²) in [6, 6.07) is 0.204. The van der Waals surface area contributed by atoms with E-state index in [4.69, 9.17) is 4.74 Å². The Balaban J connectivity index is 2.74. The molecule has 8 nitrogen and oxygen atoms in total. The summed E-state index contributed by atoms with van der Waals surface area (Å²) < 4.78 is 27.3. The Morgan fingerprint density at radius 2 is 1.74 bits per heavy atom. The predicted octanol–water partition coefficient (Wildman–Crippen LogP) is 0.159. The molecule has 0 unspecified atom stereocenters. The van der Waals surface area contributed by atoms with Gasteiger partial charge in [0.1, 0.15) is 9.84 Å². The van der Waals surface area contributed by atoms with E-state index in [9.17, 15) is 8.42 Å².